The molecule has 0 aliphatic heterocycles. The third-order valence-corrected chi connectivity index (χ3v) is 4.59. The average molecular weight is 344 g/mol. The van der Waals surface area contributed by atoms with E-state index in [-0.39, 0.29) is 5.97 Å². The number of carbonyl (C=O) groups excluding carboxylic acids is 1. The second-order valence-electron chi connectivity index (χ2n) is 4.92. The van der Waals surface area contributed by atoms with E-state index in [9.17, 15) is 4.79 Å². The van der Waals surface area contributed by atoms with E-state index in [1.54, 1.807) is 20.1 Å². The first kappa shape index (κ1) is 16.2. The molecule has 0 aliphatic rings. The van der Waals surface area contributed by atoms with Gasteiger partial charge in [0, 0.05) is 6.07 Å². The number of nitrogens with zero attached hydrogens (tertiary/aromatic N) is 2. The Bertz CT molecular complexity index is 891. The van der Waals surface area contributed by atoms with Crippen LogP contribution in [-0.4, -0.2) is 29.7 Å². The van der Waals surface area contributed by atoms with Gasteiger partial charge in [0.05, 0.1) is 19.1 Å². The van der Waals surface area contributed by atoms with Crippen molar-refractivity contribution in [3.63, 3.8) is 0 Å². The molecule has 6 nitrogen and oxygen atoms in total. The van der Waals surface area contributed by atoms with Crippen LogP contribution < -0.4 is 9.47 Å². The molecule has 0 atom stereocenters. The largest absolute Gasteiger partial charge is 0.497 e. The lowest BCUT2D eigenvalue weighted by Gasteiger charge is -2.07. The number of methoxy groups -OCH3 is 1. The van der Waals surface area contributed by atoms with Crippen molar-refractivity contribution in [2.75, 3.05) is 13.7 Å². The van der Waals surface area contributed by atoms with Gasteiger partial charge in [0.2, 0.25) is 5.88 Å². The summed E-state index contributed by atoms with van der Waals surface area (Å²) < 4.78 is 16.2. The van der Waals surface area contributed by atoms with Crippen LogP contribution in [0.15, 0.2) is 30.6 Å². The van der Waals surface area contributed by atoms with E-state index >= 15 is 0 Å². The summed E-state index contributed by atoms with van der Waals surface area (Å²) in [5.74, 6) is 1.33. The number of benzene rings is 1. The fraction of sp³-hybridized carbons (Fsp3) is 0.235. The van der Waals surface area contributed by atoms with Crippen LogP contribution in [0.3, 0.4) is 0 Å². The van der Waals surface area contributed by atoms with Crippen molar-refractivity contribution in [2.45, 2.75) is 13.8 Å². The van der Waals surface area contributed by atoms with Gasteiger partial charge >= 0.3 is 5.97 Å². The van der Waals surface area contributed by atoms with Gasteiger partial charge in [-0.1, -0.05) is 6.07 Å². The lowest BCUT2D eigenvalue weighted by molar-refractivity contribution is 0.0531. The fourth-order valence-corrected chi connectivity index (χ4v) is 3.32. The molecule has 1 aromatic carbocycles. The van der Waals surface area contributed by atoms with Gasteiger partial charge in [0.15, 0.2) is 0 Å². The highest BCUT2D eigenvalue weighted by Crippen LogP contribution is 2.36. The number of ether oxygens (including phenoxy) is 3. The lowest BCUT2D eigenvalue weighted by atomic mass is 10.2. The molecule has 3 aromatic rings. The molecule has 0 saturated carbocycles. The van der Waals surface area contributed by atoms with E-state index in [0.717, 1.165) is 5.56 Å². The minimum Gasteiger partial charge on any atom is -0.497 e. The maximum absolute atomic E-state index is 12.1. The average Bonchev–Trinajstić information content (AvgIpc) is 2.93. The van der Waals surface area contributed by atoms with Crippen LogP contribution in [0.5, 0.6) is 17.4 Å². The van der Waals surface area contributed by atoms with Gasteiger partial charge in [-0.05, 0) is 31.5 Å². The predicted octanol–water partition coefficient (Wildman–Crippen LogP) is 3.98. The van der Waals surface area contributed by atoms with E-state index in [2.05, 4.69) is 9.97 Å². The topological polar surface area (TPSA) is 70.5 Å². The van der Waals surface area contributed by atoms with Crippen LogP contribution in [0.2, 0.25) is 0 Å². The first-order valence-corrected chi connectivity index (χ1v) is 8.18. The normalized spacial score (nSPS) is 10.6. The Labute approximate surface area is 143 Å². The molecule has 2 aromatic heterocycles. The zero-order valence-corrected chi connectivity index (χ0v) is 14.3. The van der Waals surface area contributed by atoms with Crippen LogP contribution >= 0.6 is 11.3 Å². The number of esters is 1. The van der Waals surface area contributed by atoms with Crippen molar-refractivity contribution >= 4 is 27.5 Å². The molecule has 0 amide bonds. The molecule has 0 N–H and O–H groups in total. The number of aromatic nitrogens is 2. The van der Waals surface area contributed by atoms with Crippen LogP contribution in [0.25, 0.3) is 10.2 Å². The fourth-order valence-electron chi connectivity index (χ4n) is 2.28. The number of thiophene rings is 1. The number of rotatable bonds is 5. The summed E-state index contributed by atoms with van der Waals surface area (Å²) in [6.45, 7) is 3.94. The molecule has 124 valence electrons. The molecule has 24 heavy (non-hydrogen) atoms. The van der Waals surface area contributed by atoms with Crippen molar-refractivity contribution in [2.24, 2.45) is 0 Å². The molecule has 7 heteroatoms. The number of carbonyl (C=O) groups is 1. The Morgan fingerprint density at radius 3 is 2.79 bits per heavy atom. The van der Waals surface area contributed by atoms with Gasteiger partial charge in [0.25, 0.3) is 0 Å². The van der Waals surface area contributed by atoms with Gasteiger partial charge < -0.3 is 14.2 Å². The third-order valence-electron chi connectivity index (χ3n) is 3.41. The number of hydrogen-bond donors (Lipinski definition) is 0. The zero-order valence-electron chi connectivity index (χ0n) is 13.5. The first-order valence-electron chi connectivity index (χ1n) is 7.37. The van der Waals surface area contributed by atoms with Crippen molar-refractivity contribution in [3.8, 4) is 17.4 Å². The Morgan fingerprint density at radius 1 is 1.25 bits per heavy atom. The maximum atomic E-state index is 12.1. The number of aryl methyl sites for hydroxylation is 1. The van der Waals surface area contributed by atoms with E-state index in [1.807, 2.05) is 25.1 Å². The Balaban J connectivity index is 2.03. The molecule has 0 radical (unpaired) electrons. The first-order chi connectivity index (χ1) is 11.6. The number of fused-ring (bicyclic) bond motifs is 1. The summed E-state index contributed by atoms with van der Waals surface area (Å²) in [6.07, 6.45) is 1.42. The summed E-state index contributed by atoms with van der Waals surface area (Å²) in [4.78, 5) is 21.7. The number of hydrogen-bond acceptors (Lipinski definition) is 7. The SMILES string of the molecule is CCOC(=O)c1sc2ncnc(Oc3cccc(OC)c3)c2c1C. The summed E-state index contributed by atoms with van der Waals surface area (Å²) >= 11 is 1.27. The Morgan fingerprint density at radius 2 is 2.04 bits per heavy atom. The summed E-state index contributed by atoms with van der Waals surface area (Å²) in [5.41, 5.74) is 0.756. The minimum atomic E-state index is -0.356. The van der Waals surface area contributed by atoms with Crippen molar-refractivity contribution in [3.05, 3.63) is 41.0 Å². The van der Waals surface area contributed by atoms with Crippen molar-refractivity contribution in [1.29, 1.82) is 0 Å². The molecule has 2 heterocycles. The van der Waals surface area contributed by atoms with Gasteiger partial charge in [-0.3, -0.25) is 0 Å². The molecule has 0 unspecified atom stereocenters. The van der Waals surface area contributed by atoms with Crippen LogP contribution in [0, 0.1) is 6.92 Å². The molecule has 3 rings (SSSR count). The second-order valence-corrected chi connectivity index (χ2v) is 5.92. The minimum absolute atomic E-state index is 0.325. The molecule has 0 aliphatic carbocycles. The van der Waals surface area contributed by atoms with Gasteiger partial charge in [0.1, 0.15) is 27.5 Å². The molecule has 0 spiro atoms. The van der Waals surface area contributed by atoms with E-state index in [1.165, 1.54) is 17.7 Å². The molecular weight excluding hydrogens is 328 g/mol. The molecular formula is C17H16N2O4S. The highest BCUT2D eigenvalue weighted by atomic mass is 32.1. The summed E-state index contributed by atoms with van der Waals surface area (Å²) in [7, 11) is 1.59. The molecule has 0 bridgehead atoms. The molecule has 0 saturated heterocycles. The molecule has 0 fully saturated rings. The van der Waals surface area contributed by atoms with Crippen LogP contribution in [0.4, 0.5) is 0 Å². The zero-order chi connectivity index (χ0) is 17.1. The lowest BCUT2D eigenvalue weighted by Crippen LogP contribution is -2.03. The van der Waals surface area contributed by atoms with Gasteiger partial charge in [-0.25, -0.2) is 14.8 Å². The van der Waals surface area contributed by atoms with E-state index < -0.39 is 0 Å². The van der Waals surface area contributed by atoms with E-state index in [4.69, 9.17) is 14.2 Å². The summed E-state index contributed by atoms with van der Waals surface area (Å²) in [5, 5.41) is 0.716. The quantitative estimate of drug-likeness (QED) is 0.652. The van der Waals surface area contributed by atoms with Crippen LogP contribution in [-0.2, 0) is 4.74 Å². The Hall–Kier alpha value is -2.67. The monoisotopic (exact) mass is 344 g/mol. The van der Waals surface area contributed by atoms with Crippen molar-refractivity contribution in [1.82, 2.24) is 9.97 Å². The van der Waals surface area contributed by atoms with Gasteiger partial charge in [-0.2, -0.15) is 0 Å². The van der Waals surface area contributed by atoms with Crippen LogP contribution in [0.1, 0.15) is 22.2 Å². The standard InChI is InChI=1S/C17H16N2O4S/c1-4-22-17(20)14-10(2)13-15(18-9-19-16(13)24-14)23-12-7-5-6-11(8-12)21-3/h5-9H,4H2,1-3H3. The smallest absolute Gasteiger partial charge is 0.348 e. The summed E-state index contributed by atoms with van der Waals surface area (Å²) in [6, 6.07) is 7.24. The van der Waals surface area contributed by atoms with Crippen molar-refractivity contribution < 1.29 is 19.0 Å². The highest BCUT2D eigenvalue weighted by Gasteiger charge is 2.21. The highest BCUT2D eigenvalue weighted by molar-refractivity contribution is 7.20. The third kappa shape index (κ3) is 3.03. The second kappa shape index (κ2) is 6.84. The maximum Gasteiger partial charge on any atom is 0.348 e. The van der Waals surface area contributed by atoms with Gasteiger partial charge in [-0.15, -0.1) is 11.3 Å². The predicted molar refractivity (Wildman–Crippen MR) is 91.2 cm³/mol. The Kier molecular flexibility index (Phi) is 4.61. The van der Waals surface area contributed by atoms with E-state index in [0.29, 0.717) is 39.1 Å².